The molecule has 0 unspecified atom stereocenters. The highest BCUT2D eigenvalue weighted by atomic mass is 16.5. The zero-order valence-corrected chi connectivity index (χ0v) is 7.60. The second-order valence-electron chi connectivity index (χ2n) is 2.95. The van der Waals surface area contributed by atoms with Crippen molar-refractivity contribution in [3.63, 3.8) is 0 Å². The summed E-state index contributed by atoms with van der Waals surface area (Å²) in [7, 11) is 0. The van der Waals surface area contributed by atoms with Gasteiger partial charge in [0.1, 0.15) is 0 Å². The summed E-state index contributed by atoms with van der Waals surface area (Å²) in [5, 5.41) is 6.80. The molecule has 0 saturated carbocycles. The number of anilines is 2. The van der Waals surface area contributed by atoms with Crippen LogP contribution in [0.5, 0.6) is 0 Å². The second kappa shape index (κ2) is 3.83. The Morgan fingerprint density at radius 3 is 2.64 bits per heavy atom. The maximum absolute atomic E-state index is 5.56. The molecular formula is C10H11N3O. The zero-order chi connectivity index (χ0) is 9.80. The quantitative estimate of drug-likeness (QED) is 0.723. The lowest BCUT2D eigenvalue weighted by Crippen LogP contribution is -1.97. The fourth-order valence-corrected chi connectivity index (χ4v) is 1.12. The summed E-state index contributed by atoms with van der Waals surface area (Å²) >= 11 is 0. The molecule has 0 fully saturated rings. The Kier molecular flexibility index (Phi) is 2.36. The average Bonchev–Trinajstić information content (AvgIpc) is 2.70. The van der Waals surface area contributed by atoms with E-state index < -0.39 is 0 Å². The van der Waals surface area contributed by atoms with E-state index in [0.29, 0.717) is 6.54 Å². The van der Waals surface area contributed by atoms with Crippen LogP contribution < -0.4 is 11.1 Å². The van der Waals surface area contributed by atoms with Crippen LogP contribution in [0, 0.1) is 0 Å². The number of nitrogen functional groups attached to an aromatic ring is 1. The smallest absolute Gasteiger partial charge is 0.155 e. The summed E-state index contributed by atoms with van der Waals surface area (Å²) in [6.07, 6.45) is 1.62. The van der Waals surface area contributed by atoms with Crippen LogP contribution in [0.1, 0.15) is 5.76 Å². The Bertz CT molecular complexity index is 380. The Morgan fingerprint density at radius 2 is 2.00 bits per heavy atom. The van der Waals surface area contributed by atoms with Crippen LogP contribution >= 0.6 is 0 Å². The molecule has 14 heavy (non-hydrogen) atoms. The molecule has 2 aromatic rings. The topological polar surface area (TPSA) is 64.1 Å². The lowest BCUT2D eigenvalue weighted by Gasteiger charge is -2.03. The minimum absolute atomic E-state index is 0.629. The molecular weight excluding hydrogens is 178 g/mol. The third kappa shape index (κ3) is 2.04. The Labute approximate surface area is 81.7 Å². The molecule has 0 aliphatic rings. The van der Waals surface area contributed by atoms with Gasteiger partial charge in [0, 0.05) is 17.4 Å². The average molecular weight is 189 g/mol. The van der Waals surface area contributed by atoms with Crippen LogP contribution in [0.15, 0.2) is 41.1 Å². The van der Waals surface area contributed by atoms with E-state index in [4.69, 9.17) is 10.3 Å². The number of hydrogen-bond acceptors (Lipinski definition) is 4. The molecule has 0 saturated heterocycles. The van der Waals surface area contributed by atoms with Crippen molar-refractivity contribution in [2.45, 2.75) is 6.54 Å². The molecule has 2 rings (SSSR count). The van der Waals surface area contributed by atoms with Crippen LogP contribution in [0.2, 0.25) is 0 Å². The number of benzene rings is 1. The van der Waals surface area contributed by atoms with Gasteiger partial charge < -0.3 is 15.6 Å². The summed E-state index contributed by atoms with van der Waals surface area (Å²) in [5.74, 6) is 0.807. The fourth-order valence-electron chi connectivity index (χ4n) is 1.12. The molecule has 0 bridgehead atoms. The maximum atomic E-state index is 5.56. The first-order valence-corrected chi connectivity index (χ1v) is 4.33. The van der Waals surface area contributed by atoms with Gasteiger partial charge in [-0.3, -0.25) is 0 Å². The predicted molar refractivity (Wildman–Crippen MR) is 54.7 cm³/mol. The molecule has 0 radical (unpaired) electrons. The van der Waals surface area contributed by atoms with Crippen LogP contribution in [0.4, 0.5) is 11.4 Å². The van der Waals surface area contributed by atoms with Gasteiger partial charge in [0.25, 0.3) is 0 Å². The summed E-state index contributed by atoms with van der Waals surface area (Å²) in [5.41, 5.74) is 7.33. The zero-order valence-electron chi connectivity index (χ0n) is 7.60. The number of nitrogens with zero attached hydrogens (tertiary/aromatic N) is 1. The molecule has 0 aliphatic carbocycles. The van der Waals surface area contributed by atoms with Crippen molar-refractivity contribution in [3.8, 4) is 0 Å². The highest BCUT2D eigenvalue weighted by molar-refractivity contribution is 5.51. The fraction of sp³-hybridized carbons (Fsp3) is 0.100. The Morgan fingerprint density at radius 1 is 1.21 bits per heavy atom. The van der Waals surface area contributed by atoms with Crippen LogP contribution in [0.3, 0.4) is 0 Å². The summed E-state index contributed by atoms with van der Waals surface area (Å²) < 4.78 is 4.94. The van der Waals surface area contributed by atoms with Gasteiger partial charge in [-0.15, -0.1) is 0 Å². The number of nitrogens with one attached hydrogen (secondary N) is 1. The van der Waals surface area contributed by atoms with Crippen LogP contribution in [-0.4, -0.2) is 5.16 Å². The SMILES string of the molecule is Nc1ccc(NCc2ccno2)cc1. The van der Waals surface area contributed by atoms with E-state index >= 15 is 0 Å². The van der Waals surface area contributed by atoms with Crippen LogP contribution in [0.25, 0.3) is 0 Å². The molecule has 0 amide bonds. The molecule has 72 valence electrons. The standard InChI is InChI=1S/C10H11N3O/c11-8-1-3-9(4-2-8)12-7-10-5-6-13-14-10/h1-6,12H,7,11H2. The van der Waals surface area contributed by atoms with Gasteiger partial charge in [0.2, 0.25) is 0 Å². The van der Waals surface area contributed by atoms with Crippen molar-refractivity contribution in [2.24, 2.45) is 0 Å². The number of hydrogen-bond donors (Lipinski definition) is 2. The highest BCUT2D eigenvalue weighted by Gasteiger charge is 1.96. The number of nitrogens with two attached hydrogens (primary N) is 1. The number of aromatic nitrogens is 1. The molecule has 3 N–H and O–H groups in total. The molecule has 4 nitrogen and oxygen atoms in total. The lowest BCUT2D eigenvalue weighted by molar-refractivity contribution is 0.388. The van der Waals surface area contributed by atoms with Crippen molar-refractivity contribution < 1.29 is 4.52 Å². The largest absolute Gasteiger partial charge is 0.399 e. The van der Waals surface area contributed by atoms with E-state index in [1.54, 1.807) is 6.20 Å². The molecule has 0 aliphatic heterocycles. The monoisotopic (exact) mass is 189 g/mol. The van der Waals surface area contributed by atoms with Crippen molar-refractivity contribution in [1.29, 1.82) is 0 Å². The Balaban J connectivity index is 1.95. The molecule has 1 heterocycles. The van der Waals surface area contributed by atoms with E-state index in [9.17, 15) is 0 Å². The van der Waals surface area contributed by atoms with E-state index in [2.05, 4.69) is 10.5 Å². The lowest BCUT2D eigenvalue weighted by atomic mass is 10.3. The minimum atomic E-state index is 0.629. The van der Waals surface area contributed by atoms with E-state index in [-0.39, 0.29) is 0 Å². The second-order valence-corrected chi connectivity index (χ2v) is 2.95. The third-order valence-electron chi connectivity index (χ3n) is 1.87. The summed E-state index contributed by atoms with van der Waals surface area (Å²) in [6.45, 7) is 0.629. The first kappa shape index (κ1) is 8.62. The molecule has 4 heteroatoms. The Hall–Kier alpha value is -1.97. The first-order chi connectivity index (χ1) is 6.84. The van der Waals surface area contributed by atoms with Gasteiger partial charge in [0.05, 0.1) is 12.7 Å². The van der Waals surface area contributed by atoms with E-state index in [1.807, 2.05) is 30.3 Å². The van der Waals surface area contributed by atoms with Gasteiger partial charge in [0.15, 0.2) is 5.76 Å². The minimum Gasteiger partial charge on any atom is -0.399 e. The highest BCUT2D eigenvalue weighted by Crippen LogP contribution is 2.11. The van der Waals surface area contributed by atoms with E-state index in [1.165, 1.54) is 0 Å². The number of rotatable bonds is 3. The van der Waals surface area contributed by atoms with Crippen molar-refractivity contribution >= 4 is 11.4 Å². The van der Waals surface area contributed by atoms with E-state index in [0.717, 1.165) is 17.1 Å². The normalized spacial score (nSPS) is 10.0. The summed E-state index contributed by atoms with van der Waals surface area (Å²) in [6, 6.07) is 9.37. The maximum Gasteiger partial charge on any atom is 0.155 e. The first-order valence-electron chi connectivity index (χ1n) is 4.33. The van der Waals surface area contributed by atoms with Crippen molar-refractivity contribution in [1.82, 2.24) is 5.16 Å². The molecule has 0 spiro atoms. The van der Waals surface area contributed by atoms with Gasteiger partial charge in [-0.2, -0.15) is 0 Å². The molecule has 1 aromatic heterocycles. The molecule has 0 atom stereocenters. The van der Waals surface area contributed by atoms with Gasteiger partial charge in [-0.05, 0) is 24.3 Å². The predicted octanol–water partition coefficient (Wildman–Crippen LogP) is 1.87. The summed E-state index contributed by atoms with van der Waals surface area (Å²) in [4.78, 5) is 0. The van der Waals surface area contributed by atoms with Gasteiger partial charge in [-0.1, -0.05) is 5.16 Å². The van der Waals surface area contributed by atoms with Crippen molar-refractivity contribution in [2.75, 3.05) is 11.1 Å². The molecule has 1 aromatic carbocycles. The van der Waals surface area contributed by atoms with Gasteiger partial charge in [-0.25, -0.2) is 0 Å². The van der Waals surface area contributed by atoms with Crippen LogP contribution in [-0.2, 0) is 6.54 Å². The van der Waals surface area contributed by atoms with Gasteiger partial charge >= 0.3 is 0 Å². The van der Waals surface area contributed by atoms with Crippen molar-refractivity contribution in [3.05, 3.63) is 42.3 Å². The third-order valence-corrected chi connectivity index (χ3v) is 1.87.